The monoisotopic (exact) mass is 277 g/mol. The van der Waals surface area contributed by atoms with Crippen molar-refractivity contribution in [2.24, 2.45) is 5.73 Å². The van der Waals surface area contributed by atoms with Crippen molar-refractivity contribution >= 4 is 17.5 Å². The fourth-order valence-corrected chi connectivity index (χ4v) is 1.72. The first-order valence-corrected chi connectivity index (χ1v) is 6.79. The van der Waals surface area contributed by atoms with Gasteiger partial charge in [0.05, 0.1) is 5.54 Å². The normalized spacial score (nSPS) is 11.1. The third-order valence-electron chi connectivity index (χ3n) is 3.00. The highest BCUT2D eigenvalue weighted by Crippen LogP contribution is 2.14. The van der Waals surface area contributed by atoms with E-state index in [1.54, 1.807) is 43.0 Å². The molecule has 0 aromatic heterocycles. The van der Waals surface area contributed by atoms with Crippen molar-refractivity contribution in [3.8, 4) is 0 Å². The molecule has 3 N–H and O–H groups in total. The lowest BCUT2D eigenvalue weighted by Gasteiger charge is -2.20. The second kappa shape index (κ2) is 6.52. The van der Waals surface area contributed by atoms with Crippen molar-refractivity contribution in [3.63, 3.8) is 0 Å². The van der Waals surface area contributed by atoms with E-state index in [0.29, 0.717) is 24.3 Å². The van der Waals surface area contributed by atoms with Gasteiger partial charge in [-0.2, -0.15) is 0 Å². The van der Waals surface area contributed by atoms with Crippen LogP contribution in [0.1, 0.15) is 38.1 Å². The van der Waals surface area contributed by atoms with Crippen LogP contribution in [-0.2, 0) is 4.79 Å². The van der Waals surface area contributed by atoms with Crippen LogP contribution in [0.25, 0.3) is 0 Å². The summed E-state index contributed by atoms with van der Waals surface area (Å²) in [6, 6.07) is 6.90. The predicted octanol–water partition coefficient (Wildman–Crippen LogP) is 1.84. The number of carbonyl (C=O) groups excluding carboxylic acids is 2. The predicted molar refractivity (Wildman–Crippen MR) is 80.6 cm³/mol. The fourth-order valence-electron chi connectivity index (χ4n) is 1.72. The van der Waals surface area contributed by atoms with Gasteiger partial charge in [0.25, 0.3) is 5.91 Å². The highest BCUT2D eigenvalue weighted by molar-refractivity contribution is 5.99. The van der Waals surface area contributed by atoms with Crippen molar-refractivity contribution in [1.82, 2.24) is 4.90 Å². The van der Waals surface area contributed by atoms with Crippen LogP contribution in [0.3, 0.4) is 0 Å². The first-order valence-electron chi connectivity index (χ1n) is 6.79. The van der Waals surface area contributed by atoms with Gasteiger partial charge in [-0.1, -0.05) is 6.07 Å². The second-order valence-corrected chi connectivity index (χ2v) is 5.23. The fraction of sp³-hybridized carbons (Fsp3) is 0.467. The Labute approximate surface area is 120 Å². The van der Waals surface area contributed by atoms with Crippen LogP contribution in [-0.4, -0.2) is 35.3 Å². The Balaban J connectivity index is 2.91. The Hall–Kier alpha value is -1.88. The van der Waals surface area contributed by atoms with Crippen LogP contribution in [0.15, 0.2) is 24.3 Å². The largest absolute Gasteiger partial charge is 0.339 e. The van der Waals surface area contributed by atoms with E-state index in [1.807, 2.05) is 13.8 Å². The Morgan fingerprint density at radius 2 is 1.85 bits per heavy atom. The molecule has 20 heavy (non-hydrogen) atoms. The lowest BCUT2D eigenvalue weighted by Crippen LogP contribution is -2.45. The summed E-state index contributed by atoms with van der Waals surface area (Å²) in [4.78, 5) is 25.8. The number of rotatable bonds is 5. The summed E-state index contributed by atoms with van der Waals surface area (Å²) in [5.41, 5.74) is 5.90. The van der Waals surface area contributed by atoms with E-state index >= 15 is 0 Å². The van der Waals surface area contributed by atoms with Crippen LogP contribution < -0.4 is 11.1 Å². The number of nitrogens with two attached hydrogens (primary N) is 1. The standard InChI is InChI=1S/C15H23N3O2/c1-5-18(6-2)13(19)11-8-7-9-12(10-11)17-14(20)15(3,4)16/h7-10H,5-6,16H2,1-4H3,(H,17,20). The van der Waals surface area contributed by atoms with Crippen molar-refractivity contribution in [2.45, 2.75) is 33.2 Å². The third-order valence-corrected chi connectivity index (χ3v) is 3.00. The molecule has 0 atom stereocenters. The van der Waals surface area contributed by atoms with Crippen LogP contribution in [0, 0.1) is 0 Å². The zero-order valence-corrected chi connectivity index (χ0v) is 12.6. The van der Waals surface area contributed by atoms with E-state index in [4.69, 9.17) is 5.73 Å². The Morgan fingerprint density at radius 1 is 1.25 bits per heavy atom. The number of carbonyl (C=O) groups is 2. The molecule has 0 saturated carbocycles. The SMILES string of the molecule is CCN(CC)C(=O)c1cccc(NC(=O)C(C)(C)N)c1. The lowest BCUT2D eigenvalue weighted by atomic mass is 10.1. The number of hydrogen-bond acceptors (Lipinski definition) is 3. The van der Waals surface area contributed by atoms with Gasteiger partial charge >= 0.3 is 0 Å². The molecule has 0 unspecified atom stereocenters. The Kier molecular flexibility index (Phi) is 5.27. The van der Waals surface area contributed by atoms with Crippen LogP contribution in [0.5, 0.6) is 0 Å². The van der Waals surface area contributed by atoms with E-state index in [9.17, 15) is 9.59 Å². The van der Waals surface area contributed by atoms with Crippen molar-refractivity contribution in [1.29, 1.82) is 0 Å². The van der Waals surface area contributed by atoms with Crippen LogP contribution >= 0.6 is 0 Å². The third kappa shape index (κ3) is 4.06. The molecular weight excluding hydrogens is 254 g/mol. The number of hydrogen-bond donors (Lipinski definition) is 2. The lowest BCUT2D eigenvalue weighted by molar-refractivity contribution is -0.120. The zero-order chi connectivity index (χ0) is 15.3. The molecule has 5 nitrogen and oxygen atoms in total. The van der Waals surface area contributed by atoms with E-state index in [-0.39, 0.29) is 11.8 Å². The highest BCUT2D eigenvalue weighted by atomic mass is 16.2. The van der Waals surface area contributed by atoms with Gasteiger partial charge in [0, 0.05) is 24.3 Å². The van der Waals surface area contributed by atoms with Crippen molar-refractivity contribution in [3.05, 3.63) is 29.8 Å². The minimum Gasteiger partial charge on any atom is -0.339 e. The van der Waals surface area contributed by atoms with E-state index in [0.717, 1.165) is 0 Å². The quantitative estimate of drug-likeness (QED) is 0.862. The van der Waals surface area contributed by atoms with Crippen molar-refractivity contribution in [2.75, 3.05) is 18.4 Å². The van der Waals surface area contributed by atoms with E-state index < -0.39 is 5.54 Å². The number of nitrogens with zero attached hydrogens (tertiary/aromatic N) is 1. The van der Waals surface area contributed by atoms with E-state index in [2.05, 4.69) is 5.32 Å². The Bertz CT molecular complexity index is 488. The summed E-state index contributed by atoms with van der Waals surface area (Å²) < 4.78 is 0. The first kappa shape index (κ1) is 16.2. The van der Waals surface area contributed by atoms with Gasteiger partial charge in [-0.05, 0) is 45.9 Å². The smallest absolute Gasteiger partial charge is 0.253 e. The van der Waals surface area contributed by atoms with Crippen LogP contribution in [0.2, 0.25) is 0 Å². The molecule has 110 valence electrons. The summed E-state index contributed by atoms with van der Waals surface area (Å²) in [5.74, 6) is -0.331. The zero-order valence-electron chi connectivity index (χ0n) is 12.6. The molecule has 0 aliphatic rings. The molecular formula is C15H23N3O2. The van der Waals surface area contributed by atoms with Gasteiger partial charge in [0.2, 0.25) is 5.91 Å². The molecule has 2 amide bonds. The molecule has 0 aliphatic carbocycles. The van der Waals surface area contributed by atoms with Gasteiger partial charge in [0.15, 0.2) is 0 Å². The molecule has 1 aromatic carbocycles. The number of amides is 2. The average Bonchev–Trinajstić information content (AvgIpc) is 2.39. The van der Waals surface area contributed by atoms with Crippen molar-refractivity contribution < 1.29 is 9.59 Å². The summed E-state index contributed by atoms with van der Waals surface area (Å²) in [6.07, 6.45) is 0. The number of benzene rings is 1. The minimum atomic E-state index is -0.959. The summed E-state index contributed by atoms with van der Waals surface area (Å²) in [7, 11) is 0. The summed E-state index contributed by atoms with van der Waals surface area (Å²) in [5, 5.41) is 2.72. The summed E-state index contributed by atoms with van der Waals surface area (Å²) >= 11 is 0. The molecule has 0 fully saturated rings. The van der Waals surface area contributed by atoms with Gasteiger partial charge in [-0.25, -0.2) is 0 Å². The molecule has 0 heterocycles. The molecule has 1 aromatic rings. The molecule has 1 rings (SSSR count). The molecule has 0 radical (unpaired) electrons. The molecule has 0 aliphatic heterocycles. The molecule has 0 saturated heterocycles. The van der Waals surface area contributed by atoms with Crippen LogP contribution in [0.4, 0.5) is 5.69 Å². The highest BCUT2D eigenvalue weighted by Gasteiger charge is 2.22. The maximum Gasteiger partial charge on any atom is 0.253 e. The van der Waals surface area contributed by atoms with Gasteiger partial charge in [-0.3, -0.25) is 9.59 Å². The number of nitrogens with one attached hydrogen (secondary N) is 1. The number of anilines is 1. The minimum absolute atomic E-state index is 0.0434. The van der Waals surface area contributed by atoms with E-state index in [1.165, 1.54) is 0 Å². The maximum atomic E-state index is 12.2. The second-order valence-electron chi connectivity index (χ2n) is 5.23. The maximum absolute atomic E-state index is 12.2. The Morgan fingerprint density at radius 3 is 2.35 bits per heavy atom. The molecule has 0 bridgehead atoms. The van der Waals surface area contributed by atoms with Gasteiger partial charge in [-0.15, -0.1) is 0 Å². The summed E-state index contributed by atoms with van der Waals surface area (Å²) in [6.45, 7) is 8.44. The molecule has 0 spiro atoms. The first-order chi connectivity index (χ1) is 9.29. The average molecular weight is 277 g/mol. The topological polar surface area (TPSA) is 75.4 Å². The van der Waals surface area contributed by atoms with Gasteiger partial charge < -0.3 is 16.0 Å². The molecule has 5 heteroatoms. The van der Waals surface area contributed by atoms with Gasteiger partial charge in [0.1, 0.15) is 0 Å².